The highest BCUT2D eigenvalue weighted by molar-refractivity contribution is 7.18. The number of hydrogen-bond acceptors (Lipinski definition) is 6. The molecule has 0 aliphatic carbocycles. The first-order valence-corrected chi connectivity index (χ1v) is 11.5. The van der Waals surface area contributed by atoms with Crippen LogP contribution in [0.15, 0.2) is 71.1 Å². The van der Waals surface area contributed by atoms with Gasteiger partial charge in [-0.25, -0.2) is 9.97 Å². The number of hydrogen-bond donors (Lipinski definition) is 1. The average molecular weight is 447 g/mol. The lowest BCUT2D eigenvalue weighted by molar-refractivity contribution is -0.116. The molecule has 0 saturated carbocycles. The smallest absolute Gasteiger partial charge is 0.262 e. The summed E-state index contributed by atoms with van der Waals surface area (Å²) in [6.07, 6.45) is 2.46. The van der Waals surface area contributed by atoms with Crippen LogP contribution in [0.3, 0.4) is 0 Å². The molecule has 1 N–H and O–H groups in total. The number of nitrogens with one attached hydrogen (secondary N) is 1. The summed E-state index contributed by atoms with van der Waals surface area (Å²) >= 11 is 3.13. The first-order chi connectivity index (χ1) is 15.2. The van der Waals surface area contributed by atoms with E-state index in [0.29, 0.717) is 11.9 Å². The minimum absolute atomic E-state index is 0.113. The third-order valence-corrected chi connectivity index (χ3v) is 6.82. The molecule has 1 amide bonds. The Morgan fingerprint density at radius 1 is 1.06 bits per heavy atom. The number of rotatable bonds is 6. The van der Waals surface area contributed by atoms with Crippen LogP contribution in [0.5, 0.6) is 0 Å². The van der Waals surface area contributed by atoms with E-state index in [4.69, 9.17) is 0 Å². The van der Waals surface area contributed by atoms with Gasteiger partial charge in [-0.2, -0.15) is 0 Å². The van der Waals surface area contributed by atoms with Gasteiger partial charge in [-0.05, 0) is 41.3 Å². The van der Waals surface area contributed by atoms with Crippen LogP contribution >= 0.6 is 22.7 Å². The maximum atomic E-state index is 12.4. The van der Waals surface area contributed by atoms with Gasteiger partial charge in [0.15, 0.2) is 0 Å². The number of anilines is 1. The van der Waals surface area contributed by atoms with Gasteiger partial charge in [0.25, 0.3) is 5.56 Å². The molecule has 6 nitrogen and oxygen atoms in total. The van der Waals surface area contributed by atoms with Crippen molar-refractivity contribution in [3.05, 3.63) is 87.2 Å². The summed E-state index contributed by atoms with van der Waals surface area (Å²) in [7, 11) is 0. The Kier molecular flexibility index (Phi) is 5.31. The molecule has 154 valence electrons. The van der Waals surface area contributed by atoms with Crippen molar-refractivity contribution in [2.45, 2.75) is 19.4 Å². The van der Waals surface area contributed by atoms with Crippen LogP contribution in [0.2, 0.25) is 0 Å². The number of para-hydroxylation sites is 1. The number of fused-ring (bicyclic) bond motifs is 2. The molecule has 0 aliphatic rings. The second-order valence-electron chi connectivity index (χ2n) is 7.13. The van der Waals surface area contributed by atoms with Crippen molar-refractivity contribution in [1.82, 2.24) is 14.5 Å². The lowest BCUT2D eigenvalue weighted by Crippen LogP contribution is -2.23. The van der Waals surface area contributed by atoms with Gasteiger partial charge in [0.1, 0.15) is 4.83 Å². The van der Waals surface area contributed by atoms with Crippen LogP contribution < -0.4 is 10.9 Å². The van der Waals surface area contributed by atoms with Gasteiger partial charge in [0.2, 0.25) is 5.91 Å². The van der Waals surface area contributed by atoms with E-state index in [1.807, 2.05) is 47.8 Å². The molecule has 0 radical (unpaired) electrons. The van der Waals surface area contributed by atoms with Gasteiger partial charge in [-0.1, -0.05) is 24.3 Å². The van der Waals surface area contributed by atoms with Crippen LogP contribution in [0.4, 0.5) is 5.69 Å². The van der Waals surface area contributed by atoms with Crippen molar-refractivity contribution < 1.29 is 4.79 Å². The Morgan fingerprint density at radius 3 is 2.74 bits per heavy atom. The van der Waals surface area contributed by atoms with E-state index in [1.54, 1.807) is 17.4 Å². The molecule has 0 spiro atoms. The Hall–Kier alpha value is -3.36. The van der Waals surface area contributed by atoms with Gasteiger partial charge in [-0.3, -0.25) is 14.2 Å². The summed E-state index contributed by atoms with van der Waals surface area (Å²) in [5.74, 6) is -0.142. The molecular weight excluding hydrogens is 428 g/mol. The molecule has 31 heavy (non-hydrogen) atoms. The summed E-state index contributed by atoms with van der Waals surface area (Å²) in [4.78, 5) is 34.4. The van der Waals surface area contributed by atoms with Crippen LogP contribution in [0.1, 0.15) is 17.0 Å². The van der Waals surface area contributed by atoms with Crippen LogP contribution in [0.25, 0.3) is 20.4 Å². The molecule has 0 aliphatic heterocycles. The molecule has 0 unspecified atom stereocenters. The van der Waals surface area contributed by atoms with Gasteiger partial charge >= 0.3 is 0 Å². The van der Waals surface area contributed by atoms with Crippen molar-refractivity contribution in [3.8, 4) is 0 Å². The fourth-order valence-corrected chi connectivity index (χ4v) is 5.10. The van der Waals surface area contributed by atoms with E-state index in [1.165, 1.54) is 26.9 Å². The predicted molar refractivity (Wildman–Crippen MR) is 126 cm³/mol. The second kappa shape index (κ2) is 8.41. The topological polar surface area (TPSA) is 76.9 Å². The number of thiazole rings is 1. The highest BCUT2D eigenvalue weighted by Crippen LogP contribution is 2.24. The van der Waals surface area contributed by atoms with Crippen molar-refractivity contribution in [2.75, 3.05) is 5.32 Å². The molecule has 0 bridgehead atoms. The minimum Gasteiger partial charge on any atom is -0.326 e. The van der Waals surface area contributed by atoms with E-state index in [9.17, 15) is 9.59 Å². The van der Waals surface area contributed by atoms with Gasteiger partial charge in [0, 0.05) is 25.1 Å². The molecular formula is C23H18N4O2S2. The molecule has 8 heteroatoms. The number of aromatic nitrogens is 3. The predicted octanol–water partition coefficient (Wildman–Crippen LogP) is 4.69. The van der Waals surface area contributed by atoms with E-state index < -0.39 is 0 Å². The zero-order valence-electron chi connectivity index (χ0n) is 16.4. The van der Waals surface area contributed by atoms with Crippen molar-refractivity contribution in [3.63, 3.8) is 0 Å². The lowest BCUT2D eigenvalue weighted by Gasteiger charge is -2.08. The highest BCUT2D eigenvalue weighted by Gasteiger charge is 2.09. The van der Waals surface area contributed by atoms with Crippen LogP contribution in [-0.4, -0.2) is 20.4 Å². The fourth-order valence-electron chi connectivity index (χ4n) is 3.37. The lowest BCUT2D eigenvalue weighted by atomic mass is 10.1. The summed E-state index contributed by atoms with van der Waals surface area (Å²) in [6, 6.07) is 17.7. The monoisotopic (exact) mass is 446 g/mol. The van der Waals surface area contributed by atoms with E-state index in [0.717, 1.165) is 33.0 Å². The summed E-state index contributed by atoms with van der Waals surface area (Å²) in [5.41, 5.74) is 2.78. The van der Waals surface area contributed by atoms with Crippen molar-refractivity contribution >= 4 is 54.7 Å². The van der Waals surface area contributed by atoms with E-state index in [-0.39, 0.29) is 17.9 Å². The third-order valence-electron chi connectivity index (χ3n) is 4.96. The van der Waals surface area contributed by atoms with Crippen LogP contribution in [-0.2, 0) is 17.8 Å². The molecule has 3 aromatic heterocycles. The fraction of sp³-hybridized carbons (Fsp3) is 0.130. The summed E-state index contributed by atoms with van der Waals surface area (Å²) < 4.78 is 2.67. The summed E-state index contributed by atoms with van der Waals surface area (Å²) in [6.45, 7) is 0.291. The third kappa shape index (κ3) is 4.26. The normalized spacial score (nSPS) is 11.2. The number of carbonyl (C=O) groups is 1. The standard InChI is InChI=1S/C23H18N4O2S2/c28-20(9-11-27-14-24-22-17(23(27)29)10-12-30-22)25-16-7-5-15(6-8-16)13-21-26-18-3-1-2-4-19(18)31-21/h1-8,10,12,14H,9,11,13H2,(H,25,28). The maximum Gasteiger partial charge on any atom is 0.262 e. The first kappa shape index (κ1) is 19.6. The number of amides is 1. The number of benzene rings is 2. The highest BCUT2D eigenvalue weighted by atomic mass is 32.1. The number of thiophene rings is 1. The largest absolute Gasteiger partial charge is 0.326 e. The Balaban J connectivity index is 1.19. The molecule has 3 heterocycles. The number of aryl methyl sites for hydroxylation is 1. The van der Waals surface area contributed by atoms with Gasteiger partial charge < -0.3 is 5.32 Å². The molecule has 5 aromatic rings. The molecule has 2 aromatic carbocycles. The molecule has 0 fully saturated rings. The Bertz CT molecular complexity index is 1400. The van der Waals surface area contributed by atoms with Crippen molar-refractivity contribution in [1.29, 1.82) is 0 Å². The Morgan fingerprint density at radius 2 is 1.90 bits per heavy atom. The van der Waals surface area contributed by atoms with Gasteiger partial charge in [0.05, 0.1) is 26.9 Å². The number of nitrogens with zero attached hydrogens (tertiary/aromatic N) is 3. The zero-order chi connectivity index (χ0) is 21.2. The summed E-state index contributed by atoms with van der Waals surface area (Å²) in [5, 5.41) is 6.40. The molecule has 0 saturated heterocycles. The quantitative estimate of drug-likeness (QED) is 0.411. The first-order valence-electron chi connectivity index (χ1n) is 9.81. The Labute approximate surface area is 185 Å². The average Bonchev–Trinajstić information content (AvgIpc) is 3.41. The van der Waals surface area contributed by atoms with E-state index in [2.05, 4.69) is 21.4 Å². The zero-order valence-corrected chi connectivity index (χ0v) is 18.1. The van der Waals surface area contributed by atoms with E-state index >= 15 is 0 Å². The second-order valence-corrected chi connectivity index (χ2v) is 9.14. The van der Waals surface area contributed by atoms with Crippen molar-refractivity contribution in [2.24, 2.45) is 0 Å². The van der Waals surface area contributed by atoms with Gasteiger partial charge in [-0.15, -0.1) is 22.7 Å². The molecule has 0 atom stereocenters. The maximum absolute atomic E-state index is 12.4. The van der Waals surface area contributed by atoms with Crippen LogP contribution in [0, 0.1) is 0 Å². The SMILES string of the molecule is O=C(CCn1cnc2sccc2c1=O)Nc1ccc(Cc2nc3ccccc3s2)cc1. The minimum atomic E-state index is -0.142. The molecule has 5 rings (SSSR count). The number of carbonyl (C=O) groups excluding carboxylic acids is 1.